The minimum atomic E-state index is -0.500. The predicted molar refractivity (Wildman–Crippen MR) is 75.0 cm³/mol. The van der Waals surface area contributed by atoms with Crippen molar-refractivity contribution in [1.29, 1.82) is 0 Å². The third-order valence-corrected chi connectivity index (χ3v) is 3.03. The van der Waals surface area contributed by atoms with Gasteiger partial charge in [-0.25, -0.2) is 9.48 Å². The average molecular weight is 268 g/mol. The van der Waals surface area contributed by atoms with Crippen molar-refractivity contribution in [2.24, 2.45) is 0 Å². The number of aromatic amines is 2. The molecule has 0 saturated heterocycles. The fourth-order valence-corrected chi connectivity index (χ4v) is 2.17. The van der Waals surface area contributed by atoms with Crippen molar-refractivity contribution in [3.8, 4) is 16.8 Å². The van der Waals surface area contributed by atoms with Crippen LogP contribution in [0.5, 0.6) is 0 Å². The van der Waals surface area contributed by atoms with E-state index in [2.05, 4.69) is 15.1 Å². The summed E-state index contributed by atoms with van der Waals surface area (Å²) >= 11 is 0. The standard InChI is InChI=1S/C14H12N4O2/c1-9-12(13(19)17-14(20)16-9)10-4-2-5-11(8-10)18-7-3-6-15-18/h2-8H,1H3,(H2,16,17,19,20). The Bertz CT molecular complexity index is 859. The molecule has 0 fully saturated rings. The lowest BCUT2D eigenvalue weighted by atomic mass is 10.1. The van der Waals surface area contributed by atoms with Gasteiger partial charge in [-0.2, -0.15) is 5.10 Å². The second-order valence-electron chi connectivity index (χ2n) is 4.41. The van der Waals surface area contributed by atoms with E-state index >= 15 is 0 Å². The van der Waals surface area contributed by atoms with E-state index in [1.807, 2.05) is 36.5 Å². The number of hydrogen-bond acceptors (Lipinski definition) is 3. The Labute approximate surface area is 113 Å². The van der Waals surface area contributed by atoms with E-state index in [0.29, 0.717) is 11.3 Å². The van der Waals surface area contributed by atoms with Crippen molar-refractivity contribution in [2.45, 2.75) is 6.92 Å². The summed E-state index contributed by atoms with van der Waals surface area (Å²) in [6.45, 7) is 1.70. The number of nitrogens with one attached hydrogen (secondary N) is 2. The molecule has 3 aromatic rings. The summed E-state index contributed by atoms with van der Waals surface area (Å²) < 4.78 is 1.71. The molecular weight excluding hydrogens is 256 g/mol. The summed E-state index contributed by atoms with van der Waals surface area (Å²) in [6.07, 6.45) is 3.51. The lowest BCUT2D eigenvalue weighted by molar-refractivity contribution is 0.880. The molecule has 0 saturated carbocycles. The first-order valence-corrected chi connectivity index (χ1v) is 6.09. The van der Waals surface area contributed by atoms with E-state index in [0.717, 1.165) is 11.3 Å². The van der Waals surface area contributed by atoms with Gasteiger partial charge >= 0.3 is 5.69 Å². The maximum Gasteiger partial charge on any atom is 0.325 e. The molecule has 0 amide bonds. The van der Waals surface area contributed by atoms with Crippen LogP contribution in [-0.4, -0.2) is 19.7 Å². The van der Waals surface area contributed by atoms with Crippen LogP contribution in [0.1, 0.15) is 5.69 Å². The van der Waals surface area contributed by atoms with Gasteiger partial charge in [-0.1, -0.05) is 12.1 Å². The normalized spacial score (nSPS) is 10.7. The molecule has 2 aromatic heterocycles. The Hall–Kier alpha value is -2.89. The van der Waals surface area contributed by atoms with Crippen LogP contribution in [0.3, 0.4) is 0 Å². The minimum Gasteiger partial charge on any atom is -0.311 e. The molecule has 0 spiro atoms. The summed E-state index contributed by atoms with van der Waals surface area (Å²) in [5.74, 6) is 0. The van der Waals surface area contributed by atoms with Gasteiger partial charge in [-0.3, -0.25) is 9.78 Å². The molecule has 0 unspecified atom stereocenters. The Balaban J connectivity index is 2.19. The van der Waals surface area contributed by atoms with E-state index in [1.165, 1.54) is 0 Å². The van der Waals surface area contributed by atoms with Crippen LogP contribution in [-0.2, 0) is 0 Å². The average Bonchev–Trinajstić information content (AvgIpc) is 2.91. The zero-order valence-corrected chi connectivity index (χ0v) is 10.8. The highest BCUT2D eigenvalue weighted by Gasteiger charge is 2.09. The van der Waals surface area contributed by atoms with Gasteiger partial charge in [0.05, 0.1) is 11.3 Å². The number of H-pyrrole nitrogens is 2. The zero-order valence-electron chi connectivity index (χ0n) is 10.8. The Kier molecular flexibility index (Phi) is 2.83. The van der Waals surface area contributed by atoms with Crippen molar-refractivity contribution in [2.75, 3.05) is 0 Å². The summed E-state index contributed by atoms with van der Waals surface area (Å²) in [4.78, 5) is 28.0. The van der Waals surface area contributed by atoms with Crippen LogP contribution in [0.15, 0.2) is 52.3 Å². The number of benzene rings is 1. The summed E-state index contributed by atoms with van der Waals surface area (Å²) in [7, 11) is 0. The molecule has 0 atom stereocenters. The maximum atomic E-state index is 12.0. The van der Waals surface area contributed by atoms with Crippen LogP contribution < -0.4 is 11.2 Å². The van der Waals surface area contributed by atoms with Crippen molar-refractivity contribution in [3.63, 3.8) is 0 Å². The third-order valence-electron chi connectivity index (χ3n) is 3.03. The molecule has 0 aliphatic rings. The number of rotatable bonds is 2. The third kappa shape index (κ3) is 2.07. The van der Waals surface area contributed by atoms with Gasteiger partial charge in [0, 0.05) is 18.1 Å². The number of nitrogens with zero attached hydrogens (tertiary/aromatic N) is 2. The second kappa shape index (κ2) is 4.65. The van der Waals surface area contributed by atoms with Crippen molar-refractivity contribution in [1.82, 2.24) is 19.7 Å². The van der Waals surface area contributed by atoms with Gasteiger partial charge in [0.1, 0.15) is 0 Å². The molecular formula is C14H12N4O2. The highest BCUT2D eigenvalue weighted by Crippen LogP contribution is 2.20. The van der Waals surface area contributed by atoms with E-state index < -0.39 is 11.2 Å². The van der Waals surface area contributed by atoms with Crippen LogP contribution >= 0.6 is 0 Å². The molecule has 6 heteroatoms. The molecule has 2 heterocycles. The first-order valence-electron chi connectivity index (χ1n) is 6.09. The number of aromatic nitrogens is 4. The highest BCUT2D eigenvalue weighted by molar-refractivity contribution is 5.66. The predicted octanol–water partition coefficient (Wildman–Crippen LogP) is 1.22. The fraction of sp³-hybridized carbons (Fsp3) is 0.0714. The molecule has 0 aliphatic heterocycles. The van der Waals surface area contributed by atoms with Crippen molar-refractivity contribution < 1.29 is 0 Å². The number of hydrogen-bond donors (Lipinski definition) is 2. The summed E-state index contributed by atoms with van der Waals surface area (Å²) in [5.41, 5.74) is 1.67. The zero-order chi connectivity index (χ0) is 14.1. The van der Waals surface area contributed by atoms with Gasteiger partial charge in [-0.15, -0.1) is 0 Å². The fourth-order valence-electron chi connectivity index (χ4n) is 2.17. The van der Waals surface area contributed by atoms with Gasteiger partial charge < -0.3 is 4.98 Å². The van der Waals surface area contributed by atoms with E-state index in [4.69, 9.17) is 0 Å². The molecule has 3 rings (SSSR count). The van der Waals surface area contributed by atoms with Crippen LogP contribution in [0.25, 0.3) is 16.8 Å². The molecule has 2 N–H and O–H groups in total. The molecule has 100 valence electrons. The van der Waals surface area contributed by atoms with Gasteiger partial charge in [0.2, 0.25) is 0 Å². The Morgan fingerprint density at radius 2 is 2.00 bits per heavy atom. The molecule has 0 bridgehead atoms. The summed E-state index contributed by atoms with van der Waals surface area (Å²) in [6, 6.07) is 9.23. The molecule has 1 aromatic carbocycles. The van der Waals surface area contributed by atoms with Gasteiger partial charge in [0.25, 0.3) is 5.56 Å². The topological polar surface area (TPSA) is 83.5 Å². The lowest BCUT2D eigenvalue weighted by Gasteiger charge is -2.07. The van der Waals surface area contributed by atoms with E-state index in [-0.39, 0.29) is 0 Å². The first kappa shape index (κ1) is 12.2. The van der Waals surface area contributed by atoms with Crippen LogP contribution in [0.2, 0.25) is 0 Å². The molecule has 20 heavy (non-hydrogen) atoms. The van der Waals surface area contributed by atoms with Crippen LogP contribution in [0, 0.1) is 6.92 Å². The van der Waals surface area contributed by atoms with Crippen molar-refractivity contribution >= 4 is 0 Å². The summed E-state index contributed by atoms with van der Waals surface area (Å²) in [5, 5.41) is 4.15. The van der Waals surface area contributed by atoms with Crippen molar-refractivity contribution in [3.05, 3.63) is 69.3 Å². The number of aryl methyl sites for hydroxylation is 1. The highest BCUT2D eigenvalue weighted by atomic mass is 16.2. The Morgan fingerprint density at radius 1 is 1.15 bits per heavy atom. The smallest absolute Gasteiger partial charge is 0.311 e. The monoisotopic (exact) mass is 268 g/mol. The molecule has 0 radical (unpaired) electrons. The SMILES string of the molecule is Cc1[nH]c(=O)[nH]c(=O)c1-c1cccc(-n2cccn2)c1. The van der Waals surface area contributed by atoms with Gasteiger partial charge in [0.15, 0.2) is 0 Å². The quantitative estimate of drug-likeness (QED) is 0.733. The molecule has 6 nitrogen and oxygen atoms in total. The maximum absolute atomic E-state index is 12.0. The van der Waals surface area contributed by atoms with E-state index in [9.17, 15) is 9.59 Å². The second-order valence-corrected chi connectivity index (χ2v) is 4.41. The minimum absolute atomic E-state index is 0.399. The molecule has 0 aliphatic carbocycles. The Morgan fingerprint density at radius 3 is 2.70 bits per heavy atom. The van der Waals surface area contributed by atoms with Gasteiger partial charge in [-0.05, 0) is 30.7 Å². The first-order chi connectivity index (χ1) is 9.65. The lowest BCUT2D eigenvalue weighted by Crippen LogP contribution is -2.24. The largest absolute Gasteiger partial charge is 0.325 e. The van der Waals surface area contributed by atoms with Crippen LogP contribution in [0.4, 0.5) is 0 Å². The van der Waals surface area contributed by atoms with E-state index in [1.54, 1.807) is 17.8 Å².